The van der Waals surface area contributed by atoms with E-state index in [4.69, 9.17) is 9.47 Å². The van der Waals surface area contributed by atoms with Crippen LogP contribution in [0.25, 0.3) is 0 Å². The van der Waals surface area contributed by atoms with Gasteiger partial charge in [0.1, 0.15) is 11.9 Å². The molecule has 1 aliphatic heterocycles. The topological polar surface area (TPSA) is 34.6 Å². The zero-order valence-corrected chi connectivity index (χ0v) is 15.5. The minimum atomic E-state index is -4.39. The van der Waals surface area contributed by atoms with Gasteiger partial charge in [-0.15, -0.1) is 0 Å². The van der Waals surface area contributed by atoms with Crippen molar-refractivity contribution in [3.63, 3.8) is 0 Å². The first-order valence-corrected chi connectivity index (χ1v) is 9.69. The molecule has 1 saturated heterocycles. The molecule has 1 aliphatic carbocycles. The van der Waals surface area contributed by atoms with Gasteiger partial charge in [-0.3, -0.25) is 0 Å². The number of benzene rings is 1. The van der Waals surface area contributed by atoms with Crippen molar-refractivity contribution >= 4 is 5.69 Å². The van der Waals surface area contributed by atoms with Gasteiger partial charge in [-0.1, -0.05) is 12.1 Å². The number of para-hydroxylation sites is 2. The van der Waals surface area contributed by atoms with Gasteiger partial charge < -0.3 is 14.4 Å². The van der Waals surface area contributed by atoms with Crippen LogP contribution in [0, 0.1) is 0 Å². The third-order valence-electron chi connectivity index (χ3n) is 5.30. The highest BCUT2D eigenvalue weighted by molar-refractivity contribution is 5.59. The van der Waals surface area contributed by atoms with Gasteiger partial charge in [-0.2, -0.15) is 13.2 Å². The lowest BCUT2D eigenvalue weighted by molar-refractivity contribution is -0.137. The molecule has 4 nitrogen and oxygen atoms in total. The minimum absolute atomic E-state index is 0.122. The summed E-state index contributed by atoms with van der Waals surface area (Å²) in [6, 6.07) is 10.3. The molecule has 2 heterocycles. The highest BCUT2D eigenvalue weighted by atomic mass is 19.4. The van der Waals surface area contributed by atoms with Gasteiger partial charge in [0, 0.05) is 25.2 Å². The number of alkyl halides is 3. The molecular weight excluding hydrogens is 369 g/mol. The number of pyridine rings is 1. The quantitative estimate of drug-likeness (QED) is 0.711. The van der Waals surface area contributed by atoms with Gasteiger partial charge in [0.05, 0.1) is 23.9 Å². The van der Waals surface area contributed by atoms with Crippen molar-refractivity contribution in [2.45, 2.75) is 50.5 Å². The molecule has 0 bridgehead atoms. The van der Waals surface area contributed by atoms with Crippen molar-refractivity contribution in [2.24, 2.45) is 0 Å². The van der Waals surface area contributed by atoms with Crippen LogP contribution in [0.4, 0.5) is 18.9 Å². The summed E-state index contributed by atoms with van der Waals surface area (Å²) in [5.74, 6) is 1.11. The lowest BCUT2D eigenvalue weighted by Crippen LogP contribution is -2.25. The normalized spacial score (nSPS) is 20.5. The van der Waals surface area contributed by atoms with Gasteiger partial charge in [0.2, 0.25) is 5.88 Å². The second-order valence-electron chi connectivity index (χ2n) is 7.35. The molecule has 2 aliphatic rings. The molecule has 1 atom stereocenters. The maximum atomic E-state index is 12.6. The Bertz CT molecular complexity index is 789. The molecule has 1 aromatic heterocycles. The first kappa shape index (κ1) is 18.9. The van der Waals surface area contributed by atoms with Gasteiger partial charge in [0.15, 0.2) is 0 Å². The second-order valence-corrected chi connectivity index (χ2v) is 7.35. The minimum Gasteiger partial charge on any atom is -0.488 e. The first-order valence-electron chi connectivity index (χ1n) is 9.69. The lowest BCUT2D eigenvalue weighted by atomic mass is 10.2. The van der Waals surface area contributed by atoms with E-state index >= 15 is 0 Å². The van der Waals surface area contributed by atoms with E-state index in [2.05, 4.69) is 9.88 Å². The molecule has 150 valence electrons. The Morgan fingerprint density at radius 3 is 2.43 bits per heavy atom. The van der Waals surface area contributed by atoms with Crippen LogP contribution < -0.4 is 14.4 Å². The zero-order chi connectivity index (χ0) is 19.6. The molecular formula is C21H23F3N2O2. The molecule has 0 N–H and O–H groups in total. The maximum absolute atomic E-state index is 12.6. The summed E-state index contributed by atoms with van der Waals surface area (Å²) in [6.07, 6.45) is 1.99. The Hall–Kier alpha value is -2.44. The number of ether oxygens (including phenoxy) is 2. The van der Waals surface area contributed by atoms with E-state index in [1.165, 1.54) is 18.9 Å². The molecule has 0 unspecified atom stereocenters. The van der Waals surface area contributed by atoms with Gasteiger partial charge in [0.25, 0.3) is 0 Å². The Labute approximate surface area is 162 Å². The molecule has 7 heteroatoms. The summed E-state index contributed by atoms with van der Waals surface area (Å²) in [7, 11) is 0. The van der Waals surface area contributed by atoms with Gasteiger partial charge in [-0.05, 0) is 43.9 Å². The second kappa shape index (κ2) is 7.89. The predicted octanol–water partition coefficient (Wildman–Crippen LogP) is 5.08. The van der Waals surface area contributed by atoms with Crippen molar-refractivity contribution in [3.05, 3.63) is 48.2 Å². The number of anilines is 1. The van der Waals surface area contributed by atoms with E-state index in [1.807, 2.05) is 24.3 Å². The Balaban J connectivity index is 1.39. The van der Waals surface area contributed by atoms with Crippen LogP contribution in [-0.2, 0) is 6.18 Å². The van der Waals surface area contributed by atoms with E-state index in [9.17, 15) is 13.2 Å². The molecule has 1 saturated carbocycles. The monoisotopic (exact) mass is 392 g/mol. The van der Waals surface area contributed by atoms with E-state index in [-0.39, 0.29) is 18.1 Å². The van der Waals surface area contributed by atoms with Gasteiger partial charge >= 0.3 is 6.18 Å². The molecule has 28 heavy (non-hydrogen) atoms. The highest BCUT2D eigenvalue weighted by Gasteiger charge is 2.31. The largest absolute Gasteiger partial charge is 0.488 e. The van der Waals surface area contributed by atoms with Gasteiger partial charge in [-0.25, -0.2) is 4.98 Å². The molecule has 0 radical (unpaired) electrons. The fourth-order valence-electron chi connectivity index (χ4n) is 3.84. The first-order chi connectivity index (χ1) is 13.5. The van der Waals surface area contributed by atoms with E-state index in [0.29, 0.717) is 6.54 Å². The summed E-state index contributed by atoms with van der Waals surface area (Å²) in [6.45, 7) is 1.45. The van der Waals surface area contributed by atoms with Crippen LogP contribution in [0.1, 0.15) is 37.7 Å². The van der Waals surface area contributed by atoms with Crippen LogP contribution in [0.3, 0.4) is 0 Å². The van der Waals surface area contributed by atoms with Crippen molar-refractivity contribution in [3.8, 4) is 11.6 Å². The van der Waals surface area contributed by atoms with Crippen molar-refractivity contribution < 1.29 is 22.6 Å². The Morgan fingerprint density at radius 2 is 1.71 bits per heavy atom. The molecule has 2 fully saturated rings. The fourth-order valence-corrected chi connectivity index (χ4v) is 3.84. The van der Waals surface area contributed by atoms with Crippen LogP contribution in [-0.4, -0.2) is 30.3 Å². The molecule has 0 spiro atoms. The summed E-state index contributed by atoms with van der Waals surface area (Å²) in [5.41, 5.74) is 0.270. The number of halogens is 3. The standard InChI is InChI=1S/C21H23F3N2O2/c22-21(23,24)15-9-10-20(25-13-15)28-17-11-12-26(14-17)18-7-3-4-8-19(18)27-16-5-1-2-6-16/h3-4,7-10,13,16-17H,1-2,5-6,11-12,14H2/t17-/m1/s1. The zero-order valence-electron chi connectivity index (χ0n) is 15.5. The van der Waals surface area contributed by atoms with Crippen LogP contribution in [0.5, 0.6) is 11.6 Å². The average Bonchev–Trinajstić information content (AvgIpc) is 3.34. The number of nitrogens with zero attached hydrogens (tertiary/aromatic N) is 2. The van der Waals surface area contributed by atoms with Crippen LogP contribution in [0.15, 0.2) is 42.6 Å². The van der Waals surface area contributed by atoms with Crippen molar-refractivity contribution in [1.29, 1.82) is 0 Å². The molecule has 1 aromatic carbocycles. The summed E-state index contributed by atoms with van der Waals surface area (Å²) >= 11 is 0. The average molecular weight is 392 g/mol. The maximum Gasteiger partial charge on any atom is 0.417 e. The Morgan fingerprint density at radius 1 is 0.929 bits per heavy atom. The third-order valence-corrected chi connectivity index (χ3v) is 5.30. The lowest BCUT2D eigenvalue weighted by Gasteiger charge is -2.24. The summed E-state index contributed by atoms with van der Waals surface area (Å²) in [4.78, 5) is 6.01. The molecule has 2 aromatic rings. The fraction of sp³-hybridized carbons (Fsp3) is 0.476. The van der Waals surface area contributed by atoms with Crippen molar-refractivity contribution in [2.75, 3.05) is 18.0 Å². The SMILES string of the molecule is FC(F)(F)c1ccc(O[C@@H]2CCN(c3ccccc3OC3CCCC3)C2)nc1. The highest BCUT2D eigenvalue weighted by Crippen LogP contribution is 2.35. The Kier molecular flexibility index (Phi) is 5.33. The molecule has 0 amide bonds. The number of rotatable bonds is 5. The van der Waals surface area contributed by atoms with E-state index in [1.54, 1.807) is 0 Å². The van der Waals surface area contributed by atoms with E-state index < -0.39 is 11.7 Å². The number of hydrogen-bond donors (Lipinski definition) is 0. The molecule has 4 rings (SSSR count). The summed E-state index contributed by atoms with van der Waals surface area (Å²) < 4.78 is 50.0. The number of aromatic nitrogens is 1. The van der Waals surface area contributed by atoms with Crippen LogP contribution >= 0.6 is 0 Å². The third kappa shape index (κ3) is 4.34. The smallest absolute Gasteiger partial charge is 0.417 e. The predicted molar refractivity (Wildman–Crippen MR) is 99.8 cm³/mol. The number of hydrogen-bond acceptors (Lipinski definition) is 4. The van der Waals surface area contributed by atoms with Crippen LogP contribution in [0.2, 0.25) is 0 Å². The summed E-state index contributed by atoms with van der Waals surface area (Å²) in [5, 5.41) is 0. The van der Waals surface area contributed by atoms with E-state index in [0.717, 1.165) is 49.5 Å². The van der Waals surface area contributed by atoms with Crippen molar-refractivity contribution in [1.82, 2.24) is 4.98 Å².